The summed E-state index contributed by atoms with van der Waals surface area (Å²) >= 11 is 0. The zero-order valence-corrected chi connectivity index (χ0v) is 8.42. The van der Waals surface area contributed by atoms with E-state index >= 15 is 0 Å². The van der Waals surface area contributed by atoms with Gasteiger partial charge >= 0.3 is 0 Å². The van der Waals surface area contributed by atoms with Crippen molar-refractivity contribution in [2.24, 2.45) is 0 Å². The van der Waals surface area contributed by atoms with Crippen molar-refractivity contribution < 1.29 is 0 Å². The van der Waals surface area contributed by atoms with Gasteiger partial charge in [0.1, 0.15) is 0 Å². The third kappa shape index (κ3) is 1.42. The van der Waals surface area contributed by atoms with E-state index in [0.29, 0.717) is 5.65 Å². The van der Waals surface area contributed by atoms with Crippen LogP contribution in [-0.4, -0.2) is 9.97 Å². The highest BCUT2D eigenvalue weighted by atomic mass is 16.1. The monoisotopic (exact) mass is 208 g/mol. The Morgan fingerprint density at radius 2 is 1.62 bits per heavy atom. The Hall–Kier alpha value is -2.29. The Bertz CT molecular complexity index is 738. The van der Waals surface area contributed by atoms with E-state index < -0.39 is 0 Å². The Balaban J connectivity index is 2.55. The first-order valence-electron chi connectivity index (χ1n) is 5.00. The van der Waals surface area contributed by atoms with Crippen LogP contribution in [0, 0.1) is 0 Å². The molecule has 0 spiro atoms. The Labute approximate surface area is 91.4 Å². The van der Waals surface area contributed by atoms with Gasteiger partial charge in [-0.1, -0.05) is 30.3 Å². The van der Waals surface area contributed by atoms with Crippen molar-refractivity contribution >= 4 is 21.9 Å². The van der Waals surface area contributed by atoms with E-state index in [4.69, 9.17) is 0 Å². The number of pyridine rings is 1. The minimum Gasteiger partial charge on any atom is -0.267 e. The first kappa shape index (κ1) is 8.97. The molecule has 0 radical (unpaired) electrons. The molecule has 0 atom stereocenters. The molecule has 76 valence electrons. The summed E-state index contributed by atoms with van der Waals surface area (Å²) < 4.78 is 0. The van der Waals surface area contributed by atoms with E-state index in [1.165, 1.54) is 6.07 Å². The summed E-state index contributed by atoms with van der Waals surface area (Å²) in [6, 6.07) is 14.8. The van der Waals surface area contributed by atoms with Crippen molar-refractivity contribution in [3.63, 3.8) is 0 Å². The predicted molar refractivity (Wildman–Crippen MR) is 63.3 cm³/mol. The summed E-state index contributed by atoms with van der Waals surface area (Å²) in [7, 11) is 0. The topological polar surface area (TPSA) is 42.9 Å². The molecule has 0 N–H and O–H groups in total. The summed E-state index contributed by atoms with van der Waals surface area (Å²) in [5.74, 6) is 0. The summed E-state index contributed by atoms with van der Waals surface area (Å²) in [5.41, 5.74) is 1.08. The third-order valence-electron chi connectivity index (χ3n) is 2.46. The van der Waals surface area contributed by atoms with Crippen LogP contribution in [0.15, 0.2) is 53.3 Å². The van der Waals surface area contributed by atoms with E-state index in [0.717, 1.165) is 16.3 Å². The molecule has 0 unspecified atom stereocenters. The quantitative estimate of drug-likeness (QED) is 0.568. The van der Waals surface area contributed by atoms with E-state index in [9.17, 15) is 4.79 Å². The summed E-state index contributed by atoms with van der Waals surface area (Å²) in [6.45, 7) is 0. The number of aromatic nitrogens is 2. The highest BCUT2D eigenvalue weighted by Gasteiger charge is 1.98. The smallest absolute Gasteiger partial charge is 0.267 e. The summed E-state index contributed by atoms with van der Waals surface area (Å²) in [6.07, 6.45) is 0. The number of benzene rings is 1. The van der Waals surface area contributed by atoms with Gasteiger partial charge in [-0.3, -0.25) is 4.79 Å². The molecule has 2 aromatic heterocycles. The van der Waals surface area contributed by atoms with E-state index in [1.807, 2.05) is 36.4 Å². The van der Waals surface area contributed by atoms with Crippen LogP contribution in [0.5, 0.6) is 0 Å². The molecule has 0 amide bonds. The Kier molecular flexibility index (Phi) is 1.90. The van der Waals surface area contributed by atoms with Crippen LogP contribution < -0.4 is 5.56 Å². The summed E-state index contributed by atoms with van der Waals surface area (Å²) in [5, 5.41) is 1.93. The molecule has 0 aliphatic rings. The number of rotatable bonds is 0. The van der Waals surface area contributed by atoms with Crippen LogP contribution in [0.2, 0.25) is 0 Å². The maximum absolute atomic E-state index is 11.3. The molecule has 3 nitrogen and oxygen atoms in total. The van der Waals surface area contributed by atoms with Crippen LogP contribution >= 0.6 is 0 Å². The normalized spacial score (nSPS) is 10.8. The van der Waals surface area contributed by atoms with Crippen molar-refractivity contribution in [1.29, 1.82) is 0 Å². The standard InChI is InChI=1S/C13H8N2O/c16-12-7-3-5-10-8-9-4-1-2-6-11(9)14-13(10)15-12/h1-8H. The van der Waals surface area contributed by atoms with Gasteiger partial charge in [-0.15, -0.1) is 0 Å². The maximum atomic E-state index is 11.3. The van der Waals surface area contributed by atoms with Crippen molar-refractivity contribution in [3.05, 3.63) is 58.9 Å². The second-order valence-corrected chi connectivity index (χ2v) is 3.57. The van der Waals surface area contributed by atoms with Gasteiger partial charge in [0.25, 0.3) is 5.56 Å². The minimum atomic E-state index is -0.266. The average Bonchev–Trinajstić information content (AvgIpc) is 2.46. The van der Waals surface area contributed by atoms with Crippen molar-refractivity contribution in [3.8, 4) is 0 Å². The molecule has 3 aromatic rings. The van der Waals surface area contributed by atoms with E-state index in [-0.39, 0.29) is 5.56 Å². The number of nitrogens with zero attached hydrogens (tertiary/aromatic N) is 2. The highest BCUT2D eigenvalue weighted by Crippen LogP contribution is 2.16. The molecule has 1 aromatic carbocycles. The van der Waals surface area contributed by atoms with Crippen LogP contribution in [0.25, 0.3) is 21.9 Å². The van der Waals surface area contributed by atoms with Gasteiger partial charge in [-0.2, -0.15) is 4.98 Å². The Morgan fingerprint density at radius 1 is 0.812 bits per heavy atom. The average molecular weight is 208 g/mol. The number of hydrogen-bond acceptors (Lipinski definition) is 3. The van der Waals surface area contributed by atoms with Gasteiger partial charge in [0.05, 0.1) is 5.52 Å². The fourth-order valence-electron chi connectivity index (χ4n) is 1.71. The van der Waals surface area contributed by atoms with Gasteiger partial charge in [0.15, 0.2) is 5.65 Å². The SMILES string of the molecule is O=c1cccc2cc3ccccc3nc2n1. The lowest BCUT2D eigenvalue weighted by Crippen LogP contribution is -1.99. The van der Waals surface area contributed by atoms with Crippen molar-refractivity contribution in [2.75, 3.05) is 0 Å². The lowest BCUT2D eigenvalue weighted by molar-refractivity contribution is 1.27. The molecular formula is C13H8N2O. The second-order valence-electron chi connectivity index (χ2n) is 3.57. The molecular weight excluding hydrogens is 200 g/mol. The van der Waals surface area contributed by atoms with Crippen LogP contribution in [-0.2, 0) is 0 Å². The molecule has 0 aliphatic carbocycles. The number of fused-ring (bicyclic) bond motifs is 2. The van der Waals surface area contributed by atoms with Crippen molar-refractivity contribution in [2.45, 2.75) is 0 Å². The van der Waals surface area contributed by atoms with Crippen LogP contribution in [0.4, 0.5) is 0 Å². The number of hydrogen-bond donors (Lipinski definition) is 0. The lowest BCUT2D eigenvalue weighted by atomic mass is 10.2. The largest absolute Gasteiger partial charge is 0.271 e. The Morgan fingerprint density at radius 3 is 2.56 bits per heavy atom. The van der Waals surface area contributed by atoms with Crippen LogP contribution in [0.1, 0.15) is 0 Å². The number of para-hydroxylation sites is 1. The third-order valence-corrected chi connectivity index (χ3v) is 2.46. The van der Waals surface area contributed by atoms with Gasteiger partial charge in [0, 0.05) is 16.8 Å². The fraction of sp³-hybridized carbons (Fsp3) is 0. The summed E-state index contributed by atoms with van der Waals surface area (Å²) in [4.78, 5) is 19.6. The molecule has 16 heavy (non-hydrogen) atoms. The highest BCUT2D eigenvalue weighted by molar-refractivity contribution is 5.90. The molecule has 0 saturated heterocycles. The van der Waals surface area contributed by atoms with Gasteiger partial charge in [-0.05, 0) is 12.1 Å². The molecule has 0 saturated carbocycles. The molecule has 3 heteroatoms. The molecule has 0 aliphatic heterocycles. The minimum absolute atomic E-state index is 0.266. The maximum Gasteiger partial charge on any atom is 0.271 e. The first-order valence-corrected chi connectivity index (χ1v) is 5.00. The molecule has 2 heterocycles. The zero-order valence-electron chi connectivity index (χ0n) is 8.42. The molecule has 0 fully saturated rings. The zero-order chi connectivity index (χ0) is 11.0. The first-order chi connectivity index (χ1) is 7.83. The molecule has 0 bridgehead atoms. The van der Waals surface area contributed by atoms with E-state index in [2.05, 4.69) is 9.97 Å². The van der Waals surface area contributed by atoms with Crippen molar-refractivity contribution in [1.82, 2.24) is 9.97 Å². The van der Waals surface area contributed by atoms with Gasteiger partial charge in [0.2, 0.25) is 0 Å². The van der Waals surface area contributed by atoms with Gasteiger partial charge < -0.3 is 0 Å². The lowest BCUT2D eigenvalue weighted by Gasteiger charge is -1.96. The molecule has 3 rings (SSSR count). The fourth-order valence-corrected chi connectivity index (χ4v) is 1.71. The second kappa shape index (κ2) is 3.38. The predicted octanol–water partition coefficient (Wildman–Crippen LogP) is 2.14. The van der Waals surface area contributed by atoms with Gasteiger partial charge in [-0.25, -0.2) is 4.98 Å². The van der Waals surface area contributed by atoms with Crippen LogP contribution in [0.3, 0.4) is 0 Å². The van der Waals surface area contributed by atoms with E-state index in [1.54, 1.807) is 6.07 Å².